The molecule has 0 saturated carbocycles. The van der Waals surface area contributed by atoms with E-state index in [4.69, 9.17) is 0 Å². The number of hydrogen-bond acceptors (Lipinski definition) is 0. The van der Waals surface area contributed by atoms with Crippen molar-refractivity contribution in [3.8, 4) is 0 Å². The minimum atomic E-state index is 0.700. The van der Waals surface area contributed by atoms with Gasteiger partial charge in [0, 0.05) is 0 Å². The molecule has 0 aromatic rings. The van der Waals surface area contributed by atoms with Crippen LogP contribution in [-0.4, -0.2) is 0 Å². The average Bonchev–Trinajstić information content (AvgIpc) is 2.39. The largest absolute Gasteiger partial charge is 0.0845 e. The Kier molecular flexibility index (Phi) is 6.20. The Balaban J connectivity index is 2.04. The predicted octanol–water partition coefficient (Wildman–Crippen LogP) is 6.13. The van der Waals surface area contributed by atoms with Crippen LogP contribution in [0, 0.1) is 5.92 Å². The van der Waals surface area contributed by atoms with Gasteiger partial charge >= 0.3 is 0 Å². The first-order valence-electron chi connectivity index (χ1n) is 8.09. The Hall–Kier alpha value is -1.04. The van der Waals surface area contributed by atoms with Crippen LogP contribution in [0.15, 0.2) is 47.6 Å². The quantitative estimate of drug-likeness (QED) is 0.529. The van der Waals surface area contributed by atoms with Crippen LogP contribution in [0.4, 0.5) is 0 Å². The van der Waals surface area contributed by atoms with Crippen molar-refractivity contribution in [2.24, 2.45) is 5.92 Å². The molecule has 0 aliphatic heterocycles. The standard InChI is InChI=1S/C19H28/c1-17-12-11-15-19(16-17)18-13-9-7-5-3-2-4-6-8-10-14-18/h7,9,11-13,15,17H,2-6,8,10,14,16H2,1H3. The SMILES string of the molecule is CC1C=CC=C(C2=CC=CCCCCCCCC2)C1. The molecule has 2 aliphatic rings. The van der Waals surface area contributed by atoms with Crippen LogP contribution >= 0.6 is 0 Å². The molecule has 0 heterocycles. The molecule has 2 aliphatic carbocycles. The van der Waals surface area contributed by atoms with E-state index in [9.17, 15) is 0 Å². The summed E-state index contributed by atoms with van der Waals surface area (Å²) >= 11 is 0. The van der Waals surface area contributed by atoms with Crippen molar-refractivity contribution < 1.29 is 0 Å². The molecule has 104 valence electrons. The lowest BCUT2D eigenvalue weighted by atomic mass is 9.88. The second-order valence-corrected chi connectivity index (χ2v) is 6.04. The monoisotopic (exact) mass is 256 g/mol. The second-order valence-electron chi connectivity index (χ2n) is 6.04. The third-order valence-corrected chi connectivity index (χ3v) is 4.19. The lowest BCUT2D eigenvalue weighted by molar-refractivity contribution is 0.593. The Morgan fingerprint density at radius 2 is 1.58 bits per heavy atom. The first kappa shape index (κ1) is 14.4. The van der Waals surface area contributed by atoms with Gasteiger partial charge in [-0.05, 0) is 49.2 Å². The molecule has 1 atom stereocenters. The molecule has 1 unspecified atom stereocenters. The summed E-state index contributed by atoms with van der Waals surface area (Å²) in [5.74, 6) is 0.700. The van der Waals surface area contributed by atoms with E-state index in [1.54, 1.807) is 11.1 Å². The number of allylic oxidation sites excluding steroid dienone is 8. The van der Waals surface area contributed by atoms with Crippen molar-refractivity contribution in [2.75, 3.05) is 0 Å². The van der Waals surface area contributed by atoms with E-state index < -0.39 is 0 Å². The smallest absolute Gasteiger partial charge is 0.0215 e. The van der Waals surface area contributed by atoms with Gasteiger partial charge in [0.2, 0.25) is 0 Å². The van der Waals surface area contributed by atoms with Crippen LogP contribution in [0.25, 0.3) is 0 Å². The zero-order valence-corrected chi connectivity index (χ0v) is 12.4. The molecule has 0 fully saturated rings. The van der Waals surface area contributed by atoms with Crippen LogP contribution in [0.5, 0.6) is 0 Å². The lowest BCUT2D eigenvalue weighted by Crippen LogP contribution is -2.01. The first-order valence-corrected chi connectivity index (χ1v) is 8.09. The average molecular weight is 256 g/mol. The summed E-state index contributed by atoms with van der Waals surface area (Å²) in [5, 5.41) is 0. The van der Waals surface area contributed by atoms with Gasteiger partial charge in [-0.2, -0.15) is 0 Å². The summed E-state index contributed by atoms with van der Waals surface area (Å²) in [6.45, 7) is 2.31. The van der Waals surface area contributed by atoms with Gasteiger partial charge in [-0.25, -0.2) is 0 Å². The Labute approximate surface area is 119 Å². The van der Waals surface area contributed by atoms with Gasteiger partial charge in [0.15, 0.2) is 0 Å². The normalized spacial score (nSPS) is 26.1. The van der Waals surface area contributed by atoms with E-state index in [0.717, 1.165) is 0 Å². The van der Waals surface area contributed by atoms with Crippen LogP contribution in [0.3, 0.4) is 0 Å². The molecule has 0 heteroatoms. The minimum Gasteiger partial charge on any atom is -0.0845 e. The van der Waals surface area contributed by atoms with Gasteiger partial charge < -0.3 is 0 Å². The van der Waals surface area contributed by atoms with E-state index in [1.165, 1.54) is 57.8 Å². The Bertz CT molecular complexity index is 379. The summed E-state index contributed by atoms with van der Waals surface area (Å²) in [7, 11) is 0. The third kappa shape index (κ3) is 5.22. The van der Waals surface area contributed by atoms with Gasteiger partial charge in [0.05, 0.1) is 0 Å². The fraction of sp³-hybridized carbons (Fsp3) is 0.579. The van der Waals surface area contributed by atoms with Gasteiger partial charge in [-0.15, -0.1) is 0 Å². The Morgan fingerprint density at radius 1 is 0.842 bits per heavy atom. The molecule has 0 nitrogen and oxygen atoms in total. The van der Waals surface area contributed by atoms with E-state index in [0.29, 0.717) is 5.92 Å². The summed E-state index contributed by atoms with van der Waals surface area (Å²) in [5.41, 5.74) is 3.14. The molecule has 0 N–H and O–H groups in total. The fourth-order valence-corrected chi connectivity index (χ4v) is 3.00. The maximum Gasteiger partial charge on any atom is -0.0215 e. The zero-order valence-electron chi connectivity index (χ0n) is 12.4. The minimum absolute atomic E-state index is 0.700. The highest BCUT2D eigenvalue weighted by atomic mass is 14.2. The fourth-order valence-electron chi connectivity index (χ4n) is 3.00. The molecule has 0 amide bonds. The number of rotatable bonds is 1. The van der Waals surface area contributed by atoms with Crippen molar-refractivity contribution in [3.05, 3.63) is 47.6 Å². The topological polar surface area (TPSA) is 0 Å². The van der Waals surface area contributed by atoms with Crippen molar-refractivity contribution in [1.82, 2.24) is 0 Å². The van der Waals surface area contributed by atoms with Crippen molar-refractivity contribution in [1.29, 1.82) is 0 Å². The molecule has 0 aromatic heterocycles. The molecule has 0 radical (unpaired) electrons. The molecule has 0 spiro atoms. The highest BCUT2D eigenvalue weighted by Crippen LogP contribution is 2.28. The first-order chi connectivity index (χ1) is 9.36. The molecule has 19 heavy (non-hydrogen) atoms. The summed E-state index contributed by atoms with van der Waals surface area (Å²) in [6.07, 6.45) is 26.0. The van der Waals surface area contributed by atoms with Gasteiger partial charge in [-0.3, -0.25) is 0 Å². The molecule has 0 saturated heterocycles. The summed E-state index contributed by atoms with van der Waals surface area (Å²) in [6, 6.07) is 0. The third-order valence-electron chi connectivity index (χ3n) is 4.19. The van der Waals surface area contributed by atoms with E-state index >= 15 is 0 Å². The second kappa shape index (κ2) is 8.19. The summed E-state index contributed by atoms with van der Waals surface area (Å²) < 4.78 is 0. The van der Waals surface area contributed by atoms with Crippen molar-refractivity contribution >= 4 is 0 Å². The van der Waals surface area contributed by atoms with Crippen LogP contribution < -0.4 is 0 Å². The predicted molar refractivity (Wildman–Crippen MR) is 85.2 cm³/mol. The summed E-state index contributed by atoms with van der Waals surface area (Å²) in [4.78, 5) is 0. The molecular formula is C19H28. The van der Waals surface area contributed by atoms with Crippen LogP contribution in [0.1, 0.15) is 64.7 Å². The molecular weight excluding hydrogens is 228 g/mol. The number of hydrogen-bond donors (Lipinski definition) is 0. The molecule has 2 rings (SSSR count). The highest BCUT2D eigenvalue weighted by Gasteiger charge is 2.10. The zero-order chi connectivity index (χ0) is 13.3. The van der Waals surface area contributed by atoms with Crippen molar-refractivity contribution in [3.63, 3.8) is 0 Å². The highest BCUT2D eigenvalue weighted by molar-refractivity contribution is 5.38. The van der Waals surface area contributed by atoms with E-state index in [-0.39, 0.29) is 0 Å². The molecule has 0 bridgehead atoms. The van der Waals surface area contributed by atoms with Crippen LogP contribution in [0.2, 0.25) is 0 Å². The van der Waals surface area contributed by atoms with Gasteiger partial charge in [0.1, 0.15) is 0 Å². The maximum absolute atomic E-state index is 2.37. The van der Waals surface area contributed by atoms with E-state index in [2.05, 4.69) is 43.4 Å². The van der Waals surface area contributed by atoms with E-state index in [1.807, 2.05) is 0 Å². The van der Waals surface area contributed by atoms with Crippen molar-refractivity contribution in [2.45, 2.75) is 64.7 Å². The lowest BCUT2D eigenvalue weighted by Gasteiger charge is -2.17. The Morgan fingerprint density at radius 3 is 2.42 bits per heavy atom. The van der Waals surface area contributed by atoms with Gasteiger partial charge in [-0.1, -0.05) is 69.1 Å². The maximum atomic E-state index is 2.37. The molecule has 0 aromatic carbocycles. The van der Waals surface area contributed by atoms with Crippen LogP contribution in [-0.2, 0) is 0 Å². The van der Waals surface area contributed by atoms with Gasteiger partial charge in [0.25, 0.3) is 0 Å².